The Hall–Kier alpha value is -2.47. The first-order chi connectivity index (χ1) is 9.58. The van der Waals surface area contributed by atoms with E-state index in [9.17, 15) is 14.9 Å². The van der Waals surface area contributed by atoms with Gasteiger partial charge in [-0.05, 0) is 12.1 Å². The van der Waals surface area contributed by atoms with Crippen LogP contribution in [0.25, 0.3) is 0 Å². The molecule has 2 N–H and O–H groups in total. The summed E-state index contributed by atoms with van der Waals surface area (Å²) < 4.78 is 0. The number of rotatable bonds is 4. The largest absolute Gasteiger partial charge is 0.342 e. The number of nitro groups is 1. The zero-order valence-electron chi connectivity index (χ0n) is 10.3. The first kappa shape index (κ1) is 14.0. The molecule has 1 aromatic carbocycles. The molecule has 2 rings (SSSR count). The second-order valence-corrected chi connectivity index (χ2v) is 4.40. The van der Waals surface area contributed by atoms with Crippen LogP contribution in [-0.4, -0.2) is 10.8 Å². The number of hydrogen-bond donors (Lipinski definition) is 1. The highest BCUT2D eigenvalue weighted by atomic mass is 35.5. The molecule has 102 valence electrons. The summed E-state index contributed by atoms with van der Waals surface area (Å²) in [5, 5.41) is 13.4. The van der Waals surface area contributed by atoms with Gasteiger partial charge in [0.2, 0.25) is 0 Å². The van der Waals surface area contributed by atoms with Crippen molar-refractivity contribution in [1.29, 1.82) is 0 Å². The third-order valence-electron chi connectivity index (χ3n) is 2.62. The number of nitrogens with one attached hydrogen (secondary N) is 2. The molecule has 1 amide bonds. The maximum absolute atomic E-state index is 11.9. The maximum Gasteiger partial charge on any atom is 0.288 e. The van der Waals surface area contributed by atoms with Crippen LogP contribution < -0.4 is 10.3 Å². The van der Waals surface area contributed by atoms with Crippen LogP contribution in [0.15, 0.2) is 42.6 Å². The van der Waals surface area contributed by atoms with Crippen LogP contribution in [0, 0.1) is 10.1 Å². The topological polar surface area (TPSA) is 86.4 Å². The number of carbonyl (C=O) groups excluding carboxylic acids is 1. The number of aromatic nitrogens is 1. The highest BCUT2D eigenvalue weighted by molar-refractivity contribution is 6.32. The number of halogens is 1. The van der Waals surface area contributed by atoms with E-state index >= 15 is 0 Å². The quantitative estimate of drug-likeness (QED) is 0.690. The van der Waals surface area contributed by atoms with Crippen molar-refractivity contribution in [3.63, 3.8) is 0 Å². The molecule has 0 bridgehead atoms. The zero-order chi connectivity index (χ0) is 14.5. The molecule has 0 aliphatic carbocycles. The number of nitro benzene ring substituents is 1. The van der Waals surface area contributed by atoms with Gasteiger partial charge in [0.15, 0.2) is 11.9 Å². The molecule has 2 aromatic rings. The van der Waals surface area contributed by atoms with Crippen LogP contribution >= 0.6 is 11.6 Å². The van der Waals surface area contributed by atoms with Gasteiger partial charge in [0.25, 0.3) is 11.6 Å². The van der Waals surface area contributed by atoms with Crippen molar-refractivity contribution >= 4 is 23.2 Å². The van der Waals surface area contributed by atoms with Crippen LogP contribution in [0.5, 0.6) is 0 Å². The number of pyridine rings is 1. The minimum atomic E-state index is -0.621. The summed E-state index contributed by atoms with van der Waals surface area (Å²) >= 11 is 5.69. The Labute approximate surface area is 119 Å². The van der Waals surface area contributed by atoms with Crippen molar-refractivity contribution in [1.82, 2.24) is 5.32 Å². The fourth-order valence-electron chi connectivity index (χ4n) is 1.61. The normalized spacial score (nSPS) is 10.1. The van der Waals surface area contributed by atoms with Gasteiger partial charge in [0.05, 0.1) is 4.92 Å². The van der Waals surface area contributed by atoms with Crippen LogP contribution in [0.2, 0.25) is 5.02 Å². The minimum absolute atomic E-state index is 0.00272. The molecule has 0 aliphatic rings. The average molecular weight is 293 g/mol. The molecule has 1 heterocycles. The lowest BCUT2D eigenvalue weighted by Crippen LogP contribution is -2.26. The first-order valence-corrected chi connectivity index (χ1v) is 6.13. The SMILES string of the molecule is O=C(NCc1cccc[nH+]1)c1ccc(Cl)c([N+](=O)[O-])c1. The fourth-order valence-corrected chi connectivity index (χ4v) is 1.80. The third kappa shape index (κ3) is 3.30. The first-order valence-electron chi connectivity index (χ1n) is 5.75. The molecule has 7 heteroatoms. The zero-order valence-corrected chi connectivity index (χ0v) is 11.1. The van der Waals surface area contributed by atoms with E-state index in [-0.39, 0.29) is 16.3 Å². The standard InChI is InChI=1S/C13H10ClN3O3/c14-11-5-4-9(7-12(11)17(19)20)13(18)16-8-10-3-1-2-6-15-10/h1-7H,8H2,(H,16,18)/p+1. The van der Waals surface area contributed by atoms with Gasteiger partial charge in [-0.3, -0.25) is 14.9 Å². The van der Waals surface area contributed by atoms with Crippen LogP contribution in [0.4, 0.5) is 5.69 Å². The predicted octanol–water partition coefficient (Wildman–Crippen LogP) is 1.99. The number of hydrogen-bond acceptors (Lipinski definition) is 3. The van der Waals surface area contributed by atoms with E-state index in [4.69, 9.17) is 11.6 Å². The second kappa shape index (κ2) is 6.12. The Morgan fingerprint density at radius 2 is 2.15 bits per heavy atom. The van der Waals surface area contributed by atoms with Crippen molar-refractivity contribution < 1.29 is 14.7 Å². The molecule has 0 aliphatic heterocycles. The summed E-state index contributed by atoms with van der Waals surface area (Å²) in [6, 6.07) is 9.43. The molecule has 20 heavy (non-hydrogen) atoms. The Morgan fingerprint density at radius 3 is 2.80 bits per heavy atom. The predicted molar refractivity (Wildman–Crippen MR) is 72.3 cm³/mol. The van der Waals surface area contributed by atoms with Gasteiger partial charge in [-0.25, -0.2) is 4.98 Å². The van der Waals surface area contributed by atoms with E-state index in [2.05, 4.69) is 10.3 Å². The molecule has 0 fully saturated rings. The second-order valence-electron chi connectivity index (χ2n) is 3.99. The molecule has 6 nitrogen and oxygen atoms in total. The van der Waals surface area contributed by atoms with Gasteiger partial charge < -0.3 is 5.32 Å². The molecule has 1 aromatic heterocycles. The highest BCUT2D eigenvalue weighted by Crippen LogP contribution is 2.24. The lowest BCUT2D eigenvalue weighted by atomic mass is 10.2. The Bertz CT molecular complexity index is 647. The summed E-state index contributed by atoms with van der Waals surface area (Å²) in [5.41, 5.74) is 0.729. The number of benzene rings is 1. The highest BCUT2D eigenvalue weighted by Gasteiger charge is 2.16. The van der Waals surface area contributed by atoms with E-state index in [1.807, 2.05) is 18.2 Å². The average Bonchev–Trinajstić information content (AvgIpc) is 2.46. The maximum atomic E-state index is 11.9. The van der Waals surface area contributed by atoms with Crippen molar-refractivity contribution in [2.45, 2.75) is 6.54 Å². The van der Waals surface area contributed by atoms with E-state index in [1.54, 1.807) is 6.20 Å². The number of aromatic amines is 1. The van der Waals surface area contributed by atoms with Crippen LogP contribution in [0.1, 0.15) is 16.1 Å². The Balaban J connectivity index is 2.10. The van der Waals surface area contributed by atoms with Crippen molar-refractivity contribution in [3.8, 4) is 0 Å². The van der Waals surface area contributed by atoms with Crippen molar-refractivity contribution in [3.05, 3.63) is 69.0 Å². The Morgan fingerprint density at radius 1 is 1.35 bits per heavy atom. The molecule has 0 saturated heterocycles. The summed E-state index contributed by atoms with van der Waals surface area (Å²) in [5.74, 6) is -0.401. The van der Waals surface area contributed by atoms with Gasteiger partial charge in [-0.2, -0.15) is 0 Å². The van der Waals surface area contributed by atoms with Gasteiger partial charge in [-0.1, -0.05) is 17.7 Å². The van der Waals surface area contributed by atoms with Gasteiger partial charge in [0.1, 0.15) is 11.6 Å². The van der Waals surface area contributed by atoms with Crippen LogP contribution in [0.3, 0.4) is 0 Å². The molecule has 0 atom stereocenters. The smallest absolute Gasteiger partial charge is 0.288 e. The van der Waals surface area contributed by atoms with Crippen molar-refractivity contribution in [2.24, 2.45) is 0 Å². The summed E-state index contributed by atoms with van der Waals surface area (Å²) in [6.45, 7) is 0.302. The van der Waals surface area contributed by atoms with E-state index in [0.717, 1.165) is 11.8 Å². The molecular weight excluding hydrogens is 282 g/mol. The number of amides is 1. The third-order valence-corrected chi connectivity index (χ3v) is 2.94. The van der Waals surface area contributed by atoms with Gasteiger partial charge in [-0.15, -0.1) is 0 Å². The van der Waals surface area contributed by atoms with Crippen molar-refractivity contribution in [2.75, 3.05) is 0 Å². The number of carbonyl (C=O) groups is 1. The monoisotopic (exact) mass is 292 g/mol. The summed E-state index contributed by atoms with van der Waals surface area (Å²) in [7, 11) is 0. The van der Waals surface area contributed by atoms with Gasteiger partial charge >= 0.3 is 0 Å². The summed E-state index contributed by atoms with van der Waals surface area (Å²) in [4.78, 5) is 25.0. The molecule has 0 spiro atoms. The lowest BCUT2D eigenvalue weighted by Gasteiger charge is -2.03. The molecule has 0 unspecified atom stereocenters. The molecule has 0 radical (unpaired) electrons. The number of H-pyrrole nitrogens is 1. The minimum Gasteiger partial charge on any atom is -0.342 e. The lowest BCUT2D eigenvalue weighted by molar-refractivity contribution is -0.390. The Kier molecular flexibility index (Phi) is 4.27. The van der Waals surface area contributed by atoms with Gasteiger partial charge in [0, 0.05) is 23.8 Å². The molecule has 0 saturated carbocycles. The van der Waals surface area contributed by atoms with E-state index in [1.165, 1.54) is 12.1 Å². The molecular formula is C13H11ClN3O3+. The van der Waals surface area contributed by atoms with E-state index in [0.29, 0.717) is 6.54 Å². The summed E-state index contributed by atoms with van der Waals surface area (Å²) in [6.07, 6.45) is 1.74. The number of nitrogens with zero attached hydrogens (tertiary/aromatic N) is 1. The fraction of sp³-hybridized carbons (Fsp3) is 0.0769. The van der Waals surface area contributed by atoms with Crippen LogP contribution in [-0.2, 0) is 6.54 Å². The van der Waals surface area contributed by atoms with E-state index < -0.39 is 10.8 Å².